The molecule has 0 heterocycles. The standard InChI is InChI=1S/C18H20FN3O/c19-16-6-1-2-7-17(16)23-11-10-21-18(20)22-15-9-8-13-4-3-5-14(13)12-15/h1-2,6-9,12H,3-5,10-11H2,(H3,20,21,22). The fourth-order valence-electron chi connectivity index (χ4n) is 2.72. The number of fused-ring (bicyclic) bond motifs is 1. The molecule has 0 spiro atoms. The minimum Gasteiger partial charge on any atom is -0.489 e. The smallest absolute Gasteiger partial charge is 0.193 e. The molecule has 0 unspecified atom stereocenters. The van der Waals surface area contributed by atoms with Crippen LogP contribution >= 0.6 is 0 Å². The van der Waals surface area contributed by atoms with Gasteiger partial charge in [0.15, 0.2) is 17.5 Å². The molecule has 120 valence electrons. The van der Waals surface area contributed by atoms with Gasteiger partial charge in [0.25, 0.3) is 0 Å². The maximum absolute atomic E-state index is 13.4. The van der Waals surface area contributed by atoms with Gasteiger partial charge in [0.2, 0.25) is 0 Å². The molecular weight excluding hydrogens is 293 g/mol. The maximum atomic E-state index is 13.4. The lowest BCUT2D eigenvalue weighted by atomic mass is 10.1. The highest BCUT2D eigenvalue weighted by Gasteiger charge is 2.10. The van der Waals surface area contributed by atoms with E-state index in [0.717, 1.165) is 18.5 Å². The molecule has 3 rings (SSSR count). The molecule has 4 nitrogen and oxygen atoms in total. The highest BCUT2D eigenvalue weighted by Crippen LogP contribution is 2.24. The van der Waals surface area contributed by atoms with Crippen LogP contribution in [0.25, 0.3) is 0 Å². The van der Waals surface area contributed by atoms with Crippen molar-refractivity contribution in [3.05, 3.63) is 59.4 Å². The van der Waals surface area contributed by atoms with Crippen LogP contribution in [0.15, 0.2) is 47.5 Å². The molecular formula is C18H20FN3O. The number of rotatable bonds is 5. The van der Waals surface area contributed by atoms with E-state index in [0.29, 0.717) is 12.5 Å². The fraction of sp³-hybridized carbons (Fsp3) is 0.278. The van der Waals surface area contributed by atoms with E-state index in [4.69, 9.17) is 10.5 Å². The molecule has 0 saturated heterocycles. The molecule has 2 aromatic carbocycles. The highest BCUT2D eigenvalue weighted by atomic mass is 19.1. The van der Waals surface area contributed by atoms with Crippen molar-refractivity contribution >= 4 is 11.6 Å². The summed E-state index contributed by atoms with van der Waals surface area (Å²) < 4.78 is 18.7. The van der Waals surface area contributed by atoms with Crippen molar-refractivity contribution in [3.8, 4) is 5.75 Å². The Morgan fingerprint density at radius 3 is 2.87 bits per heavy atom. The van der Waals surface area contributed by atoms with Crippen molar-refractivity contribution in [1.29, 1.82) is 0 Å². The van der Waals surface area contributed by atoms with Gasteiger partial charge < -0.3 is 15.8 Å². The molecule has 0 saturated carbocycles. The van der Waals surface area contributed by atoms with Crippen LogP contribution in [-0.2, 0) is 12.8 Å². The molecule has 0 fully saturated rings. The molecule has 5 heteroatoms. The first-order valence-corrected chi connectivity index (χ1v) is 7.78. The summed E-state index contributed by atoms with van der Waals surface area (Å²) in [6, 6.07) is 12.6. The van der Waals surface area contributed by atoms with Crippen LogP contribution in [0.3, 0.4) is 0 Å². The summed E-state index contributed by atoms with van der Waals surface area (Å²) in [4.78, 5) is 4.19. The number of nitrogens with zero attached hydrogens (tertiary/aromatic N) is 1. The Balaban J connectivity index is 1.49. The molecule has 0 radical (unpaired) electrons. The topological polar surface area (TPSA) is 59.6 Å². The molecule has 1 aliphatic rings. The molecule has 23 heavy (non-hydrogen) atoms. The third-order valence-corrected chi connectivity index (χ3v) is 3.84. The van der Waals surface area contributed by atoms with Crippen molar-refractivity contribution < 1.29 is 9.13 Å². The number of para-hydroxylation sites is 1. The van der Waals surface area contributed by atoms with Crippen LogP contribution in [-0.4, -0.2) is 19.1 Å². The number of guanidine groups is 1. The van der Waals surface area contributed by atoms with E-state index in [-0.39, 0.29) is 18.2 Å². The van der Waals surface area contributed by atoms with Crippen molar-refractivity contribution in [1.82, 2.24) is 0 Å². The average molecular weight is 313 g/mol. The Labute approximate surface area is 135 Å². The summed E-state index contributed by atoms with van der Waals surface area (Å²) in [6.07, 6.45) is 3.50. The minimum absolute atomic E-state index is 0.229. The molecule has 0 bridgehead atoms. The summed E-state index contributed by atoms with van der Waals surface area (Å²) in [7, 11) is 0. The number of aliphatic imine (C=N–C) groups is 1. The largest absolute Gasteiger partial charge is 0.489 e. The number of halogens is 1. The minimum atomic E-state index is -0.374. The Morgan fingerprint density at radius 1 is 1.17 bits per heavy atom. The predicted molar refractivity (Wildman–Crippen MR) is 90.5 cm³/mol. The van der Waals surface area contributed by atoms with Crippen LogP contribution in [0.5, 0.6) is 5.75 Å². The number of hydrogen-bond acceptors (Lipinski definition) is 2. The van der Waals surface area contributed by atoms with E-state index in [1.165, 1.54) is 23.6 Å². The monoisotopic (exact) mass is 313 g/mol. The second-order valence-electron chi connectivity index (χ2n) is 5.51. The van der Waals surface area contributed by atoms with E-state index < -0.39 is 0 Å². The summed E-state index contributed by atoms with van der Waals surface area (Å²) in [5, 5.41) is 3.08. The van der Waals surface area contributed by atoms with Gasteiger partial charge >= 0.3 is 0 Å². The van der Waals surface area contributed by atoms with Crippen LogP contribution in [0.4, 0.5) is 10.1 Å². The van der Waals surface area contributed by atoms with Gasteiger partial charge in [-0.15, -0.1) is 0 Å². The van der Waals surface area contributed by atoms with E-state index in [1.807, 2.05) is 6.07 Å². The molecule has 2 aromatic rings. The normalized spacial score (nSPS) is 13.7. The summed E-state index contributed by atoms with van der Waals surface area (Å²) in [6.45, 7) is 0.631. The quantitative estimate of drug-likeness (QED) is 0.506. The summed E-state index contributed by atoms with van der Waals surface area (Å²) >= 11 is 0. The Hall–Kier alpha value is -2.56. The average Bonchev–Trinajstić information content (AvgIpc) is 3.01. The molecule has 0 atom stereocenters. The second-order valence-corrected chi connectivity index (χ2v) is 5.51. The van der Waals surface area contributed by atoms with Gasteiger partial charge in [-0.25, -0.2) is 9.38 Å². The number of nitrogens with one attached hydrogen (secondary N) is 1. The zero-order valence-electron chi connectivity index (χ0n) is 12.9. The Morgan fingerprint density at radius 2 is 2.00 bits per heavy atom. The Kier molecular flexibility index (Phi) is 4.76. The van der Waals surface area contributed by atoms with Gasteiger partial charge in [-0.05, 0) is 54.7 Å². The first-order valence-electron chi connectivity index (χ1n) is 7.78. The summed E-state index contributed by atoms with van der Waals surface area (Å²) in [5.41, 5.74) is 9.62. The van der Waals surface area contributed by atoms with Gasteiger partial charge in [0.1, 0.15) is 6.61 Å². The van der Waals surface area contributed by atoms with Crippen molar-refractivity contribution in [2.75, 3.05) is 18.5 Å². The first-order chi connectivity index (χ1) is 11.2. The van der Waals surface area contributed by atoms with E-state index in [2.05, 4.69) is 22.4 Å². The van der Waals surface area contributed by atoms with Gasteiger partial charge in [0.05, 0.1) is 6.54 Å². The second kappa shape index (κ2) is 7.13. The third kappa shape index (κ3) is 4.00. The molecule has 0 amide bonds. The van der Waals surface area contributed by atoms with Crippen molar-refractivity contribution in [2.24, 2.45) is 10.7 Å². The van der Waals surface area contributed by atoms with Gasteiger partial charge in [-0.2, -0.15) is 0 Å². The lowest BCUT2D eigenvalue weighted by Gasteiger charge is -2.08. The number of anilines is 1. The zero-order valence-corrected chi connectivity index (χ0v) is 12.9. The van der Waals surface area contributed by atoms with Crippen LogP contribution < -0.4 is 15.8 Å². The number of hydrogen-bond donors (Lipinski definition) is 2. The number of benzene rings is 2. The third-order valence-electron chi connectivity index (χ3n) is 3.84. The lowest BCUT2D eigenvalue weighted by Crippen LogP contribution is -2.23. The van der Waals surface area contributed by atoms with E-state index >= 15 is 0 Å². The molecule has 1 aliphatic carbocycles. The Bertz CT molecular complexity index is 715. The van der Waals surface area contributed by atoms with Gasteiger partial charge in [-0.3, -0.25) is 0 Å². The number of nitrogens with two attached hydrogens (primary N) is 1. The molecule has 0 aliphatic heterocycles. The molecule has 0 aromatic heterocycles. The fourth-order valence-corrected chi connectivity index (χ4v) is 2.72. The van der Waals surface area contributed by atoms with Gasteiger partial charge in [-0.1, -0.05) is 18.2 Å². The number of ether oxygens (including phenoxy) is 1. The summed E-state index contributed by atoms with van der Waals surface area (Å²) in [5.74, 6) is 0.189. The van der Waals surface area contributed by atoms with Crippen molar-refractivity contribution in [3.63, 3.8) is 0 Å². The highest BCUT2D eigenvalue weighted by molar-refractivity contribution is 5.92. The molecule has 3 N–H and O–H groups in total. The maximum Gasteiger partial charge on any atom is 0.193 e. The van der Waals surface area contributed by atoms with Crippen LogP contribution in [0.1, 0.15) is 17.5 Å². The van der Waals surface area contributed by atoms with Gasteiger partial charge in [0, 0.05) is 5.69 Å². The lowest BCUT2D eigenvalue weighted by molar-refractivity contribution is 0.311. The van der Waals surface area contributed by atoms with Crippen LogP contribution in [0.2, 0.25) is 0 Å². The van der Waals surface area contributed by atoms with E-state index in [1.54, 1.807) is 18.2 Å². The SMILES string of the molecule is NC(=NCCOc1ccccc1F)Nc1ccc2c(c1)CCC2. The number of aryl methyl sites for hydroxylation is 2. The first kappa shape index (κ1) is 15.3. The zero-order chi connectivity index (χ0) is 16.1. The van der Waals surface area contributed by atoms with E-state index in [9.17, 15) is 4.39 Å². The predicted octanol–water partition coefficient (Wildman–Crippen LogP) is 3.12. The van der Waals surface area contributed by atoms with Crippen molar-refractivity contribution in [2.45, 2.75) is 19.3 Å². The van der Waals surface area contributed by atoms with Crippen LogP contribution in [0, 0.1) is 5.82 Å².